The standard InChI is InChI=1S/C23H24F2N2O6/c1-5-13-14(22(30)31)7-8-15(19(13)27(32)33)18(20(28)23(2,3)4)21(29)26-11-12-6-9-16(24)17(25)10-12/h6-10,18H,5,11H2,1-4H3,(H,26,29)(H,30,31). The van der Waals surface area contributed by atoms with Crippen molar-refractivity contribution in [2.75, 3.05) is 0 Å². The van der Waals surface area contributed by atoms with Crippen LogP contribution in [0.4, 0.5) is 14.5 Å². The van der Waals surface area contributed by atoms with Crippen LogP contribution < -0.4 is 5.32 Å². The highest BCUT2D eigenvalue weighted by molar-refractivity contribution is 6.09. The van der Waals surface area contributed by atoms with E-state index in [0.29, 0.717) is 0 Å². The van der Waals surface area contributed by atoms with Crippen LogP contribution in [0.5, 0.6) is 0 Å². The Morgan fingerprint density at radius 2 is 1.76 bits per heavy atom. The zero-order valence-electron chi connectivity index (χ0n) is 18.6. The number of nitro benzene ring substituents is 1. The van der Waals surface area contributed by atoms with E-state index in [1.54, 1.807) is 20.8 Å². The molecule has 0 aliphatic rings. The van der Waals surface area contributed by atoms with E-state index in [0.717, 1.165) is 24.3 Å². The molecule has 0 fully saturated rings. The number of hydrogen-bond donors (Lipinski definition) is 2. The number of hydrogen-bond acceptors (Lipinski definition) is 5. The maximum atomic E-state index is 13.5. The second-order valence-corrected chi connectivity index (χ2v) is 8.46. The van der Waals surface area contributed by atoms with E-state index in [1.807, 2.05) is 0 Å². The maximum Gasteiger partial charge on any atom is 0.336 e. The van der Waals surface area contributed by atoms with Crippen LogP contribution in [0.15, 0.2) is 30.3 Å². The van der Waals surface area contributed by atoms with Gasteiger partial charge in [-0.15, -0.1) is 0 Å². The quantitative estimate of drug-likeness (QED) is 0.345. The molecule has 0 saturated carbocycles. The van der Waals surface area contributed by atoms with E-state index in [9.17, 15) is 38.4 Å². The average Bonchev–Trinajstić information content (AvgIpc) is 2.73. The fraction of sp³-hybridized carbons (Fsp3) is 0.348. The normalized spacial score (nSPS) is 12.2. The van der Waals surface area contributed by atoms with Gasteiger partial charge in [-0.1, -0.05) is 39.8 Å². The van der Waals surface area contributed by atoms with Crippen LogP contribution in [-0.2, 0) is 22.6 Å². The van der Waals surface area contributed by atoms with Crippen molar-refractivity contribution in [2.24, 2.45) is 5.41 Å². The topological polar surface area (TPSA) is 127 Å². The number of carbonyl (C=O) groups is 3. The fourth-order valence-electron chi connectivity index (χ4n) is 3.44. The lowest BCUT2D eigenvalue weighted by atomic mass is 9.78. The molecule has 2 N–H and O–H groups in total. The highest BCUT2D eigenvalue weighted by Crippen LogP contribution is 2.37. The molecular weight excluding hydrogens is 438 g/mol. The van der Waals surface area contributed by atoms with Gasteiger partial charge in [-0.3, -0.25) is 19.7 Å². The number of halogens is 2. The molecule has 0 saturated heterocycles. The first-order chi connectivity index (χ1) is 15.3. The highest BCUT2D eigenvalue weighted by Gasteiger charge is 2.41. The minimum absolute atomic E-state index is 0.0152. The van der Waals surface area contributed by atoms with Gasteiger partial charge >= 0.3 is 5.97 Å². The van der Waals surface area contributed by atoms with Gasteiger partial charge in [0.05, 0.1) is 16.1 Å². The molecular formula is C23H24F2N2O6. The smallest absolute Gasteiger partial charge is 0.336 e. The molecule has 8 nitrogen and oxygen atoms in total. The van der Waals surface area contributed by atoms with Crippen molar-refractivity contribution in [2.45, 2.75) is 46.6 Å². The summed E-state index contributed by atoms with van der Waals surface area (Å²) in [6.07, 6.45) is -0.0152. The average molecular weight is 462 g/mol. The van der Waals surface area contributed by atoms with Gasteiger partial charge in [-0.25, -0.2) is 13.6 Å². The molecule has 10 heteroatoms. The number of carboxylic acids is 1. The molecule has 1 unspecified atom stereocenters. The molecule has 1 amide bonds. The van der Waals surface area contributed by atoms with Gasteiger partial charge in [0, 0.05) is 17.5 Å². The van der Waals surface area contributed by atoms with E-state index < -0.39 is 51.2 Å². The Kier molecular flexibility index (Phi) is 7.63. The summed E-state index contributed by atoms with van der Waals surface area (Å²) in [5.41, 5.74) is -2.10. The number of rotatable bonds is 8. The molecule has 1 atom stereocenters. The summed E-state index contributed by atoms with van der Waals surface area (Å²) < 4.78 is 26.6. The van der Waals surface area contributed by atoms with Gasteiger partial charge in [-0.05, 0) is 30.2 Å². The van der Waals surface area contributed by atoms with Crippen LogP contribution in [0.3, 0.4) is 0 Å². The number of benzene rings is 2. The van der Waals surface area contributed by atoms with Gasteiger partial charge < -0.3 is 10.4 Å². The van der Waals surface area contributed by atoms with E-state index in [1.165, 1.54) is 13.0 Å². The third kappa shape index (κ3) is 5.57. The van der Waals surface area contributed by atoms with Crippen LogP contribution in [0.25, 0.3) is 0 Å². The van der Waals surface area contributed by atoms with Crippen LogP contribution in [0, 0.1) is 27.2 Å². The van der Waals surface area contributed by atoms with Crippen LogP contribution in [0.1, 0.15) is 60.7 Å². The Bertz CT molecular complexity index is 1120. The number of Topliss-reactive ketones (excluding diaryl/α,β-unsaturated/α-hetero) is 1. The molecule has 2 aromatic carbocycles. The monoisotopic (exact) mass is 462 g/mol. The van der Waals surface area contributed by atoms with Crippen molar-refractivity contribution in [3.63, 3.8) is 0 Å². The number of carboxylic acid groups (broad SMARTS) is 1. The van der Waals surface area contributed by atoms with Crippen molar-refractivity contribution in [1.29, 1.82) is 0 Å². The predicted octanol–water partition coefficient (Wildman–Crippen LogP) is 4.15. The molecule has 2 aromatic rings. The SMILES string of the molecule is CCc1c(C(=O)O)ccc(C(C(=O)NCc2ccc(F)c(F)c2)C(=O)C(C)(C)C)c1[N+](=O)[O-]. The Labute approximate surface area is 188 Å². The van der Waals surface area contributed by atoms with Crippen molar-refractivity contribution in [1.82, 2.24) is 5.32 Å². The Morgan fingerprint density at radius 1 is 1.12 bits per heavy atom. The Balaban J connectivity index is 2.59. The number of amides is 1. The van der Waals surface area contributed by atoms with Crippen molar-refractivity contribution >= 4 is 23.3 Å². The summed E-state index contributed by atoms with van der Waals surface area (Å²) >= 11 is 0. The first kappa shape index (κ1) is 25.6. The molecule has 0 spiro atoms. The number of ketones is 1. The van der Waals surface area contributed by atoms with Gasteiger partial charge in [0.25, 0.3) is 5.69 Å². The maximum absolute atomic E-state index is 13.5. The lowest BCUT2D eigenvalue weighted by Gasteiger charge is -2.25. The molecule has 0 heterocycles. The first-order valence-electron chi connectivity index (χ1n) is 10.1. The van der Waals surface area contributed by atoms with Crippen LogP contribution in [-0.4, -0.2) is 27.7 Å². The third-order valence-electron chi connectivity index (χ3n) is 5.11. The van der Waals surface area contributed by atoms with Crippen LogP contribution >= 0.6 is 0 Å². The Hall–Kier alpha value is -3.69. The summed E-state index contributed by atoms with van der Waals surface area (Å²) in [6, 6.07) is 5.26. The van der Waals surface area contributed by atoms with E-state index >= 15 is 0 Å². The molecule has 2 rings (SSSR count). The molecule has 176 valence electrons. The molecule has 0 aromatic heterocycles. The summed E-state index contributed by atoms with van der Waals surface area (Å²) in [7, 11) is 0. The predicted molar refractivity (Wildman–Crippen MR) is 115 cm³/mol. The van der Waals surface area contributed by atoms with E-state index in [2.05, 4.69) is 5.32 Å². The number of nitro groups is 1. The minimum atomic E-state index is -1.62. The summed E-state index contributed by atoms with van der Waals surface area (Å²) in [6.45, 7) is 5.91. The zero-order chi connectivity index (χ0) is 25.1. The number of nitrogens with one attached hydrogen (secondary N) is 1. The number of aromatic carboxylic acids is 1. The molecule has 33 heavy (non-hydrogen) atoms. The lowest BCUT2D eigenvalue weighted by molar-refractivity contribution is -0.386. The summed E-state index contributed by atoms with van der Waals surface area (Å²) in [5.74, 6) is -6.68. The molecule has 0 bridgehead atoms. The Morgan fingerprint density at radius 3 is 2.24 bits per heavy atom. The largest absolute Gasteiger partial charge is 0.478 e. The molecule has 0 aliphatic heterocycles. The van der Waals surface area contributed by atoms with Crippen molar-refractivity contribution in [3.05, 3.63) is 74.3 Å². The van der Waals surface area contributed by atoms with Gasteiger partial charge in [0.2, 0.25) is 5.91 Å². The lowest BCUT2D eigenvalue weighted by Crippen LogP contribution is -2.39. The highest BCUT2D eigenvalue weighted by atomic mass is 19.2. The van der Waals surface area contributed by atoms with E-state index in [4.69, 9.17) is 0 Å². The second kappa shape index (κ2) is 9.85. The summed E-state index contributed by atoms with van der Waals surface area (Å²) in [4.78, 5) is 49.0. The van der Waals surface area contributed by atoms with Crippen LogP contribution in [0.2, 0.25) is 0 Å². The fourth-order valence-corrected chi connectivity index (χ4v) is 3.44. The number of nitrogens with zero attached hydrogens (tertiary/aromatic N) is 1. The van der Waals surface area contributed by atoms with Gasteiger partial charge in [0.1, 0.15) is 5.92 Å². The third-order valence-corrected chi connectivity index (χ3v) is 5.11. The zero-order valence-corrected chi connectivity index (χ0v) is 18.6. The van der Waals surface area contributed by atoms with Crippen molar-refractivity contribution < 1.29 is 33.2 Å². The van der Waals surface area contributed by atoms with Gasteiger partial charge in [0.15, 0.2) is 17.4 Å². The number of carbonyl (C=O) groups excluding carboxylic acids is 2. The van der Waals surface area contributed by atoms with Gasteiger partial charge in [-0.2, -0.15) is 0 Å². The minimum Gasteiger partial charge on any atom is -0.478 e. The molecule has 0 radical (unpaired) electrons. The molecule has 0 aliphatic carbocycles. The second-order valence-electron chi connectivity index (χ2n) is 8.46. The van der Waals surface area contributed by atoms with Crippen molar-refractivity contribution in [3.8, 4) is 0 Å². The van der Waals surface area contributed by atoms with E-state index in [-0.39, 0.29) is 35.2 Å². The summed E-state index contributed by atoms with van der Waals surface area (Å²) in [5, 5.41) is 23.8. The first-order valence-corrected chi connectivity index (χ1v) is 10.1.